The molecule has 0 saturated carbocycles. The highest BCUT2D eigenvalue weighted by atomic mass is 19.1. The Balaban J connectivity index is 2.32. The van der Waals surface area contributed by atoms with Crippen LogP contribution in [0.3, 0.4) is 0 Å². The molecule has 0 bridgehead atoms. The van der Waals surface area contributed by atoms with Gasteiger partial charge in [0.2, 0.25) is 0 Å². The van der Waals surface area contributed by atoms with Crippen LogP contribution in [-0.2, 0) is 6.42 Å². The minimum atomic E-state index is -0.233. The van der Waals surface area contributed by atoms with Gasteiger partial charge in [-0.2, -0.15) is 0 Å². The molecule has 20 heavy (non-hydrogen) atoms. The third-order valence-corrected chi connectivity index (χ3v) is 3.44. The fourth-order valence-corrected chi connectivity index (χ4v) is 2.57. The van der Waals surface area contributed by atoms with Gasteiger partial charge in [0.15, 0.2) is 0 Å². The number of halogens is 1. The summed E-state index contributed by atoms with van der Waals surface area (Å²) in [5, 5.41) is 9.17. The third kappa shape index (κ3) is 3.08. The summed E-state index contributed by atoms with van der Waals surface area (Å²) in [6, 6.07) is 4.80. The summed E-state index contributed by atoms with van der Waals surface area (Å²) >= 11 is 0. The van der Waals surface area contributed by atoms with E-state index in [0.717, 1.165) is 22.3 Å². The quantitative estimate of drug-likeness (QED) is 0.721. The van der Waals surface area contributed by atoms with Crippen molar-refractivity contribution in [3.8, 4) is 0 Å². The van der Waals surface area contributed by atoms with E-state index in [-0.39, 0.29) is 12.4 Å². The number of nitrogens with two attached hydrogens (primary N) is 2. The Hall–Kier alpha value is -2.07. The summed E-state index contributed by atoms with van der Waals surface area (Å²) in [7, 11) is 0. The van der Waals surface area contributed by atoms with Crippen LogP contribution in [0.15, 0.2) is 47.8 Å². The molecule has 0 aliphatic heterocycles. The number of hydrogen-bond acceptors (Lipinski definition) is 3. The van der Waals surface area contributed by atoms with E-state index in [9.17, 15) is 9.50 Å². The number of fused-ring (bicyclic) bond motifs is 1. The summed E-state index contributed by atoms with van der Waals surface area (Å²) in [4.78, 5) is 0. The van der Waals surface area contributed by atoms with Crippen molar-refractivity contribution in [2.24, 2.45) is 11.5 Å². The first kappa shape index (κ1) is 14.3. The van der Waals surface area contributed by atoms with Gasteiger partial charge in [-0.15, -0.1) is 0 Å². The lowest BCUT2D eigenvalue weighted by atomic mass is 9.99. The minimum absolute atomic E-state index is 0.0849. The predicted molar refractivity (Wildman–Crippen MR) is 78.9 cm³/mol. The number of rotatable bonds is 5. The molecule has 3 nitrogen and oxygen atoms in total. The zero-order valence-corrected chi connectivity index (χ0v) is 11.3. The molecular formula is C16H19FN2O. The van der Waals surface area contributed by atoms with Gasteiger partial charge in [0.05, 0.1) is 0 Å². The van der Waals surface area contributed by atoms with Crippen LogP contribution in [0.1, 0.15) is 24.0 Å². The number of aliphatic hydroxyl groups is 1. The first-order valence-corrected chi connectivity index (χ1v) is 6.59. The summed E-state index contributed by atoms with van der Waals surface area (Å²) in [5.41, 5.74) is 16.2. The predicted octanol–water partition coefficient (Wildman–Crippen LogP) is 2.22. The maximum absolute atomic E-state index is 13.3. The zero-order valence-electron chi connectivity index (χ0n) is 11.3. The van der Waals surface area contributed by atoms with Crippen LogP contribution in [0.4, 0.5) is 4.39 Å². The van der Waals surface area contributed by atoms with Crippen molar-refractivity contribution in [2.75, 3.05) is 6.61 Å². The number of aliphatic hydroxyl groups excluding tert-OH is 1. The van der Waals surface area contributed by atoms with Crippen molar-refractivity contribution in [1.82, 2.24) is 0 Å². The highest BCUT2D eigenvalue weighted by Crippen LogP contribution is 2.37. The second-order valence-corrected chi connectivity index (χ2v) is 4.84. The number of hydrogen-bond donors (Lipinski definition) is 3. The highest BCUT2D eigenvalue weighted by Gasteiger charge is 2.21. The Morgan fingerprint density at radius 3 is 2.90 bits per heavy atom. The Bertz CT molecular complexity index is 588. The summed E-state index contributed by atoms with van der Waals surface area (Å²) in [6.45, 7) is 0.0849. The van der Waals surface area contributed by atoms with Gasteiger partial charge >= 0.3 is 0 Å². The summed E-state index contributed by atoms with van der Waals surface area (Å²) in [6.07, 6.45) is 6.72. The van der Waals surface area contributed by atoms with E-state index in [1.807, 2.05) is 0 Å². The fourth-order valence-electron chi connectivity index (χ4n) is 2.57. The first-order chi connectivity index (χ1) is 9.65. The Morgan fingerprint density at radius 1 is 1.40 bits per heavy atom. The van der Waals surface area contributed by atoms with Gasteiger partial charge < -0.3 is 16.6 Å². The first-order valence-electron chi connectivity index (χ1n) is 6.59. The molecule has 0 heterocycles. The van der Waals surface area contributed by atoms with E-state index in [0.29, 0.717) is 25.0 Å². The Kier molecular flexibility index (Phi) is 4.58. The Morgan fingerprint density at radius 2 is 2.20 bits per heavy atom. The maximum atomic E-state index is 13.3. The summed E-state index contributed by atoms with van der Waals surface area (Å²) < 4.78 is 13.3. The van der Waals surface area contributed by atoms with E-state index in [1.54, 1.807) is 24.3 Å². The zero-order chi connectivity index (χ0) is 14.5. The molecule has 5 N–H and O–H groups in total. The van der Waals surface area contributed by atoms with Crippen molar-refractivity contribution in [3.05, 3.63) is 64.8 Å². The van der Waals surface area contributed by atoms with Crippen LogP contribution in [-0.4, -0.2) is 11.7 Å². The molecule has 0 unspecified atom stereocenters. The molecule has 0 radical (unpaired) electrons. The van der Waals surface area contributed by atoms with Gasteiger partial charge in [-0.05, 0) is 60.0 Å². The minimum Gasteiger partial charge on any atom is -0.405 e. The van der Waals surface area contributed by atoms with Crippen LogP contribution in [0.2, 0.25) is 0 Å². The Labute approximate surface area is 118 Å². The molecule has 106 valence electrons. The monoisotopic (exact) mass is 274 g/mol. The molecule has 4 heteroatoms. The van der Waals surface area contributed by atoms with Crippen molar-refractivity contribution in [1.29, 1.82) is 0 Å². The van der Waals surface area contributed by atoms with Crippen LogP contribution in [0, 0.1) is 5.82 Å². The van der Waals surface area contributed by atoms with E-state index in [4.69, 9.17) is 11.5 Å². The lowest BCUT2D eigenvalue weighted by molar-refractivity contribution is 0.299. The van der Waals surface area contributed by atoms with Crippen molar-refractivity contribution >= 4 is 5.57 Å². The maximum Gasteiger partial charge on any atom is 0.123 e. The molecule has 0 aromatic heterocycles. The van der Waals surface area contributed by atoms with Crippen molar-refractivity contribution in [3.63, 3.8) is 0 Å². The van der Waals surface area contributed by atoms with Gasteiger partial charge in [-0.25, -0.2) is 4.39 Å². The van der Waals surface area contributed by atoms with Gasteiger partial charge in [0, 0.05) is 18.7 Å². The van der Waals surface area contributed by atoms with Crippen molar-refractivity contribution < 1.29 is 9.50 Å². The normalized spacial score (nSPS) is 15.2. The van der Waals surface area contributed by atoms with Crippen LogP contribution >= 0.6 is 0 Å². The van der Waals surface area contributed by atoms with Crippen LogP contribution < -0.4 is 11.5 Å². The lowest BCUT2D eigenvalue weighted by Gasteiger charge is -2.08. The largest absolute Gasteiger partial charge is 0.405 e. The van der Waals surface area contributed by atoms with Gasteiger partial charge in [-0.3, -0.25) is 0 Å². The lowest BCUT2D eigenvalue weighted by Crippen LogP contribution is -2.00. The molecule has 1 aromatic rings. The smallest absolute Gasteiger partial charge is 0.123 e. The molecule has 0 saturated heterocycles. The van der Waals surface area contributed by atoms with Gasteiger partial charge in [0.25, 0.3) is 0 Å². The van der Waals surface area contributed by atoms with Crippen LogP contribution in [0.25, 0.3) is 5.57 Å². The molecular weight excluding hydrogens is 255 g/mol. The van der Waals surface area contributed by atoms with Crippen LogP contribution in [0.5, 0.6) is 0 Å². The fraction of sp³-hybridized carbons (Fsp3) is 0.250. The molecule has 2 rings (SSSR count). The number of allylic oxidation sites excluding steroid dienone is 3. The van der Waals surface area contributed by atoms with E-state index in [2.05, 4.69) is 0 Å². The van der Waals surface area contributed by atoms with E-state index < -0.39 is 0 Å². The molecule has 0 spiro atoms. The van der Waals surface area contributed by atoms with Gasteiger partial charge in [0.1, 0.15) is 5.82 Å². The molecule has 0 amide bonds. The molecule has 1 aliphatic carbocycles. The highest BCUT2D eigenvalue weighted by molar-refractivity contribution is 5.77. The third-order valence-electron chi connectivity index (χ3n) is 3.44. The topological polar surface area (TPSA) is 72.3 Å². The molecule has 0 fully saturated rings. The average Bonchev–Trinajstić information content (AvgIpc) is 2.74. The summed E-state index contributed by atoms with van der Waals surface area (Å²) in [5.74, 6) is -0.233. The molecule has 0 atom stereocenters. The SMILES string of the molecule is N/C=C\C=C(/N)CC1=C(CCO)Cc2cc(F)ccc21. The molecule has 1 aliphatic rings. The van der Waals surface area contributed by atoms with E-state index >= 15 is 0 Å². The van der Waals surface area contributed by atoms with E-state index in [1.165, 1.54) is 12.3 Å². The standard InChI is InChI=1S/C16H19FN2O/c17-13-3-4-15-12(9-13)8-11(5-7-20)16(15)10-14(19)2-1-6-18/h1-4,6,9,20H,5,7-8,10,18-19H2/b6-1-,14-2-. The number of benzene rings is 1. The average molecular weight is 274 g/mol. The second kappa shape index (κ2) is 6.39. The molecule has 1 aromatic carbocycles. The van der Waals surface area contributed by atoms with Crippen molar-refractivity contribution in [2.45, 2.75) is 19.3 Å². The van der Waals surface area contributed by atoms with Gasteiger partial charge in [-0.1, -0.05) is 11.6 Å². The second-order valence-electron chi connectivity index (χ2n) is 4.84.